The van der Waals surface area contributed by atoms with E-state index in [1.807, 2.05) is 6.07 Å². The molecule has 0 bridgehead atoms. The fourth-order valence-corrected chi connectivity index (χ4v) is 2.21. The summed E-state index contributed by atoms with van der Waals surface area (Å²) in [5.41, 5.74) is 1.04. The van der Waals surface area contributed by atoms with E-state index < -0.39 is 0 Å². The average molecular weight is 241 g/mol. The molecule has 0 saturated carbocycles. The number of rotatable bonds is 3. The van der Waals surface area contributed by atoms with Crippen LogP contribution in [0.15, 0.2) is 6.07 Å². The number of aryl methyl sites for hydroxylation is 1. The second-order valence-corrected chi connectivity index (χ2v) is 4.59. The largest absolute Gasteiger partial charge is 0.381 e. The molecule has 3 nitrogen and oxygen atoms in total. The van der Waals surface area contributed by atoms with Crippen LogP contribution >= 0.6 is 11.6 Å². The van der Waals surface area contributed by atoms with Crippen molar-refractivity contribution < 1.29 is 4.74 Å². The fourth-order valence-electron chi connectivity index (χ4n) is 1.99. The standard InChI is InChI=1S/C12H17ClN2O/c1-2-4-10-7-11(13)15-12(14-10)9-5-3-6-16-8-9/h7,9H,2-6,8H2,1H3. The first-order valence-corrected chi connectivity index (χ1v) is 6.28. The predicted molar refractivity (Wildman–Crippen MR) is 63.8 cm³/mol. The molecule has 1 atom stereocenters. The maximum Gasteiger partial charge on any atom is 0.135 e. The third kappa shape index (κ3) is 2.92. The number of halogens is 1. The summed E-state index contributed by atoms with van der Waals surface area (Å²) in [4.78, 5) is 8.89. The first kappa shape index (κ1) is 11.8. The van der Waals surface area contributed by atoms with Gasteiger partial charge in [-0.3, -0.25) is 0 Å². The number of ether oxygens (including phenoxy) is 1. The highest BCUT2D eigenvalue weighted by Crippen LogP contribution is 2.24. The van der Waals surface area contributed by atoms with Crippen molar-refractivity contribution in [2.75, 3.05) is 13.2 Å². The highest BCUT2D eigenvalue weighted by atomic mass is 35.5. The van der Waals surface area contributed by atoms with Crippen LogP contribution in [0.4, 0.5) is 0 Å². The number of hydrogen-bond donors (Lipinski definition) is 0. The van der Waals surface area contributed by atoms with Gasteiger partial charge in [0.1, 0.15) is 11.0 Å². The van der Waals surface area contributed by atoms with Crippen molar-refractivity contribution in [1.82, 2.24) is 9.97 Å². The van der Waals surface area contributed by atoms with E-state index in [2.05, 4.69) is 16.9 Å². The first-order valence-electron chi connectivity index (χ1n) is 5.90. The molecular formula is C12H17ClN2O. The van der Waals surface area contributed by atoms with Gasteiger partial charge in [-0.2, -0.15) is 0 Å². The van der Waals surface area contributed by atoms with Gasteiger partial charge in [0.05, 0.1) is 6.61 Å². The van der Waals surface area contributed by atoms with Crippen molar-refractivity contribution in [3.63, 3.8) is 0 Å². The van der Waals surface area contributed by atoms with Crippen molar-refractivity contribution in [2.45, 2.75) is 38.5 Å². The van der Waals surface area contributed by atoms with Crippen LogP contribution in [0.25, 0.3) is 0 Å². The summed E-state index contributed by atoms with van der Waals surface area (Å²) in [7, 11) is 0. The van der Waals surface area contributed by atoms with Crippen LogP contribution in [0.1, 0.15) is 43.6 Å². The van der Waals surface area contributed by atoms with Gasteiger partial charge in [-0.1, -0.05) is 24.9 Å². The highest BCUT2D eigenvalue weighted by Gasteiger charge is 2.19. The highest BCUT2D eigenvalue weighted by molar-refractivity contribution is 6.29. The van der Waals surface area contributed by atoms with Crippen molar-refractivity contribution >= 4 is 11.6 Å². The zero-order valence-electron chi connectivity index (χ0n) is 9.58. The molecule has 0 aliphatic carbocycles. The quantitative estimate of drug-likeness (QED) is 0.762. The number of hydrogen-bond acceptors (Lipinski definition) is 3. The van der Waals surface area contributed by atoms with Crippen LogP contribution < -0.4 is 0 Å². The Hall–Kier alpha value is -0.670. The molecule has 0 amide bonds. The average Bonchev–Trinajstić information content (AvgIpc) is 2.30. The minimum Gasteiger partial charge on any atom is -0.381 e. The monoisotopic (exact) mass is 240 g/mol. The summed E-state index contributed by atoms with van der Waals surface area (Å²) in [5.74, 6) is 1.18. The second-order valence-electron chi connectivity index (χ2n) is 4.20. The molecule has 2 rings (SSSR count). The molecule has 1 aliphatic rings. The Morgan fingerprint density at radius 1 is 1.50 bits per heavy atom. The fraction of sp³-hybridized carbons (Fsp3) is 0.667. The molecule has 1 saturated heterocycles. The summed E-state index contributed by atoms with van der Waals surface area (Å²) in [6.45, 7) is 3.73. The van der Waals surface area contributed by atoms with E-state index in [1.165, 1.54) is 0 Å². The van der Waals surface area contributed by atoms with E-state index in [9.17, 15) is 0 Å². The lowest BCUT2D eigenvalue weighted by Crippen LogP contribution is -2.18. The SMILES string of the molecule is CCCc1cc(Cl)nc(C2CCCOC2)n1. The molecule has 1 unspecified atom stereocenters. The lowest BCUT2D eigenvalue weighted by atomic mass is 10.0. The van der Waals surface area contributed by atoms with E-state index in [0.29, 0.717) is 11.1 Å². The Morgan fingerprint density at radius 2 is 2.38 bits per heavy atom. The van der Waals surface area contributed by atoms with Gasteiger partial charge in [0, 0.05) is 18.2 Å². The topological polar surface area (TPSA) is 35.0 Å². The maximum atomic E-state index is 6.01. The molecule has 0 N–H and O–H groups in total. The summed E-state index contributed by atoms with van der Waals surface area (Å²) < 4.78 is 5.45. The maximum absolute atomic E-state index is 6.01. The van der Waals surface area contributed by atoms with Gasteiger partial charge >= 0.3 is 0 Å². The minimum absolute atomic E-state index is 0.322. The van der Waals surface area contributed by atoms with Gasteiger partial charge in [0.15, 0.2) is 0 Å². The second kappa shape index (κ2) is 5.60. The molecule has 4 heteroatoms. The van der Waals surface area contributed by atoms with E-state index in [4.69, 9.17) is 16.3 Å². The third-order valence-electron chi connectivity index (χ3n) is 2.80. The smallest absolute Gasteiger partial charge is 0.135 e. The molecule has 0 aromatic carbocycles. The first-order chi connectivity index (χ1) is 7.79. The zero-order valence-corrected chi connectivity index (χ0v) is 10.3. The van der Waals surface area contributed by atoms with Gasteiger partial charge in [-0.05, 0) is 25.3 Å². The summed E-state index contributed by atoms with van der Waals surface area (Å²) in [6, 6.07) is 1.86. The molecule has 2 heterocycles. The Balaban J connectivity index is 2.18. The molecule has 1 fully saturated rings. The lowest BCUT2D eigenvalue weighted by Gasteiger charge is -2.21. The Bertz CT molecular complexity index is 351. The van der Waals surface area contributed by atoms with Crippen LogP contribution in [-0.2, 0) is 11.2 Å². The minimum atomic E-state index is 0.322. The number of aromatic nitrogens is 2. The molecule has 1 aromatic heterocycles. The molecule has 0 radical (unpaired) electrons. The van der Waals surface area contributed by atoms with Gasteiger partial charge in [0.25, 0.3) is 0 Å². The molecule has 1 aromatic rings. The molecule has 88 valence electrons. The van der Waals surface area contributed by atoms with Crippen molar-refractivity contribution in [2.24, 2.45) is 0 Å². The number of nitrogens with zero attached hydrogens (tertiary/aromatic N) is 2. The van der Waals surface area contributed by atoms with Gasteiger partial charge in [-0.25, -0.2) is 9.97 Å². The van der Waals surface area contributed by atoms with Crippen LogP contribution in [0.5, 0.6) is 0 Å². The van der Waals surface area contributed by atoms with Crippen LogP contribution in [0.3, 0.4) is 0 Å². The van der Waals surface area contributed by atoms with Gasteiger partial charge in [0.2, 0.25) is 0 Å². The van der Waals surface area contributed by atoms with E-state index in [1.54, 1.807) is 0 Å². The Kier molecular flexibility index (Phi) is 4.13. The molecule has 1 aliphatic heterocycles. The predicted octanol–water partition coefficient (Wildman–Crippen LogP) is 2.98. The van der Waals surface area contributed by atoms with Crippen LogP contribution in [0, 0.1) is 0 Å². The van der Waals surface area contributed by atoms with Gasteiger partial charge < -0.3 is 4.74 Å². The molecule has 0 spiro atoms. The molecule has 16 heavy (non-hydrogen) atoms. The van der Waals surface area contributed by atoms with Crippen molar-refractivity contribution in [3.05, 3.63) is 22.7 Å². The third-order valence-corrected chi connectivity index (χ3v) is 2.99. The van der Waals surface area contributed by atoms with Gasteiger partial charge in [-0.15, -0.1) is 0 Å². The normalized spacial score (nSPS) is 21.0. The zero-order chi connectivity index (χ0) is 11.4. The van der Waals surface area contributed by atoms with Crippen molar-refractivity contribution in [3.8, 4) is 0 Å². The van der Waals surface area contributed by atoms with E-state index in [-0.39, 0.29) is 0 Å². The Labute approximate surface area is 101 Å². The van der Waals surface area contributed by atoms with Crippen LogP contribution in [0.2, 0.25) is 5.15 Å². The lowest BCUT2D eigenvalue weighted by molar-refractivity contribution is 0.0780. The van der Waals surface area contributed by atoms with E-state index in [0.717, 1.165) is 50.4 Å². The van der Waals surface area contributed by atoms with Crippen LogP contribution in [-0.4, -0.2) is 23.2 Å². The summed E-state index contributed by atoms with van der Waals surface area (Å²) >= 11 is 6.01. The summed E-state index contributed by atoms with van der Waals surface area (Å²) in [6.07, 6.45) is 4.23. The van der Waals surface area contributed by atoms with Crippen molar-refractivity contribution in [1.29, 1.82) is 0 Å². The Morgan fingerprint density at radius 3 is 3.06 bits per heavy atom. The summed E-state index contributed by atoms with van der Waals surface area (Å²) in [5, 5.41) is 0.555. The molecular weight excluding hydrogens is 224 g/mol. The van der Waals surface area contributed by atoms with E-state index >= 15 is 0 Å².